The third kappa shape index (κ3) is 1.08. The summed E-state index contributed by atoms with van der Waals surface area (Å²) in [6.45, 7) is 2.07. The quantitative estimate of drug-likeness (QED) is 0.668. The SMILES string of the molecule is C[C@H]1[C@@H]2CCC(=O)[C@]12C(=O)C1=CCCCC1. The zero-order valence-electron chi connectivity index (χ0n) is 9.79. The molecule has 0 heterocycles. The summed E-state index contributed by atoms with van der Waals surface area (Å²) in [7, 11) is 0. The topological polar surface area (TPSA) is 34.1 Å². The zero-order valence-corrected chi connectivity index (χ0v) is 9.79. The van der Waals surface area contributed by atoms with Gasteiger partial charge in [0.1, 0.15) is 5.78 Å². The van der Waals surface area contributed by atoms with Crippen molar-refractivity contribution in [2.45, 2.75) is 45.4 Å². The van der Waals surface area contributed by atoms with Crippen LogP contribution in [0.15, 0.2) is 11.6 Å². The Labute approximate surface area is 96.1 Å². The maximum atomic E-state index is 12.5. The average molecular weight is 218 g/mol. The summed E-state index contributed by atoms with van der Waals surface area (Å²) in [4.78, 5) is 24.5. The molecule has 3 atom stereocenters. The normalized spacial score (nSPS) is 41.6. The van der Waals surface area contributed by atoms with Crippen molar-refractivity contribution >= 4 is 11.6 Å². The van der Waals surface area contributed by atoms with Crippen LogP contribution in [0.2, 0.25) is 0 Å². The minimum Gasteiger partial charge on any atom is -0.299 e. The van der Waals surface area contributed by atoms with Crippen LogP contribution in [0.1, 0.15) is 45.4 Å². The van der Waals surface area contributed by atoms with Gasteiger partial charge in [-0.15, -0.1) is 0 Å². The monoisotopic (exact) mass is 218 g/mol. The van der Waals surface area contributed by atoms with Gasteiger partial charge in [0.2, 0.25) is 0 Å². The lowest BCUT2D eigenvalue weighted by Crippen LogP contribution is -2.28. The van der Waals surface area contributed by atoms with Crippen LogP contribution in [0.5, 0.6) is 0 Å². The highest BCUT2D eigenvalue weighted by molar-refractivity contribution is 6.18. The molecule has 0 N–H and O–H groups in total. The molecule has 0 unspecified atom stereocenters. The van der Waals surface area contributed by atoms with Crippen LogP contribution in [0.3, 0.4) is 0 Å². The molecule has 2 nitrogen and oxygen atoms in total. The number of fused-ring (bicyclic) bond motifs is 1. The minimum absolute atomic E-state index is 0.187. The van der Waals surface area contributed by atoms with Crippen LogP contribution in [0.25, 0.3) is 0 Å². The summed E-state index contributed by atoms with van der Waals surface area (Å²) in [6, 6.07) is 0. The van der Waals surface area contributed by atoms with Gasteiger partial charge in [-0.1, -0.05) is 13.0 Å². The van der Waals surface area contributed by atoms with Crippen molar-refractivity contribution in [3.8, 4) is 0 Å². The van der Waals surface area contributed by atoms with E-state index in [-0.39, 0.29) is 11.6 Å². The lowest BCUT2D eigenvalue weighted by atomic mass is 9.84. The van der Waals surface area contributed by atoms with Crippen molar-refractivity contribution in [2.75, 3.05) is 0 Å². The predicted octanol–water partition coefficient (Wildman–Crippen LogP) is 2.67. The largest absolute Gasteiger partial charge is 0.299 e. The number of Topliss-reactive ketones (excluding diaryl/α,β-unsaturated/α-hetero) is 2. The standard InChI is InChI=1S/C14H18O2/c1-9-11-7-8-12(15)14(9,11)13(16)10-5-3-2-4-6-10/h5,9,11H,2-4,6-8H2,1H3/t9-,11-,14-/m0/s1. The molecule has 0 aromatic rings. The molecule has 0 aliphatic heterocycles. The van der Waals surface area contributed by atoms with Gasteiger partial charge in [-0.05, 0) is 49.5 Å². The molecule has 0 bridgehead atoms. The van der Waals surface area contributed by atoms with Crippen LogP contribution in [0, 0.1) is 17.3 Å². The Morgan fingerprint density at radius 3 is 2.75 bits per heavy atom. The van der Waals surface area contributed by atoms with Gasteiger partial charge in [-0.2, -0.15) is 0 Å². The molecular weight excluding hydrogens is 200 g/mol. The maximum absolute atomic E-state index is 12.5. The molecule has 3 aliphatic carbocycles. The predicted molar refractivity (Wildman–Crippen MR) is 60.9 cm³/mol. The van der Waals surface area contributed by atoms with Crippen LogP contribution < -0.4 is 0 Å². The zero-order chi connectivity index (χ0) is 11.3. The number of rotatable bonds is 2. The minimum atomic E-state index is -0.552. The summed E-state index contributed by atoms with van der Waals surface area (Å²) in [5.41, 5.74) is 0.402. The molecule has 86 valence electrons. The van der Waals surface area contributed by atoms with E-state index in [4.69, 9.17) is 0 Å². The average Bonchev–Trinajstić information content (AvgIpc) is 2.74. The Balaban J connectivity index is 1.90. The number of hydrogen-bond donors (Lipinski definition) is 0. The molecule has 0 amide bonds. The fourth-order valence-corrected chi connectivity index (χ4v) is 3.89. The van der Waals surface area contributed by atoms with Gasteiger partial charge in [-0.25, -0.2) is 0 Å². The van der Waals surface area contributed by atoms with E-state index in [1.54, 1.807) is 0 Å². The molecule has 3 rings (SSSR count). The Morgan fingerprint density at radius 2 is 2.19 bits per heavy atom. The number of hydrogen-bond acceptors (Lipinski definition) is 2. The molecule has 2 fully saturated rings. The van der Waals surface area contributed by atoms with Gasteiger partial charge < -0.3 is 0 Å². The van der Waals surface area contributed by atoms with Gasteiger partial charge in [0.15, 0.2) is 5.78 Å². The Morgan fingerprint density at radius 1 is 1.38 bits per heavy atom. The highest BCUT2D eigenvalue weighted by Gasteiger charge is 2.73. The number of carbonyl (C=O) groups excluding carboxylic acids is 2. The van der Waals surface area contributed by atoms with Crippen LogP contribution in [-0.2, 0) is 9.59 Å². The van der Waals surface area contributed by atoms with E-state index < -0.39 is 5.41 Å². The molecule has 0 radical (unpaired) electrons. The fourth-order valence-electron chi connectivity index (χ4n) is 3.89. The summed E-state index contributed by atoms with van der Waals surface area (Å²) >= 11 is 0. The highest BCUT2D eigenvalue weighted by Crippen LogP contribution is 2.67. The van der Waals surface area contributed by atoms with Crippen molar-refractivity contribution in [2.24, 2.45) is 17.3 Å². The fraction of sp³-hybridized carbons (Fsp3) is 0.714. The molecule has 0 aromatic carbocycles. The van der Waals surface area contributed by atoms with Gasteiger partial charge in [0.05, 0.1) is 5.41 Å². The molecular formula is C14H18O2. The van der Waals surface area contributed by atoms with Crippen molar-refractivity contribution < 1.29 is 9.59 Å². The van der Waals surface area contributed by atoms with Crippen LogP contribution in [0.4, 0.5) is 0 Å². The molecule has 0 saturated heterocycles. The summed E-state index contributed by atoms with van der Waals surface area (Å²) < 4.78 is 0. The van der Waals surface area contributed by atoms with E-state index in [9.17, 15) is 9.59 Å². The van der Waals surface area contributed by atoms with E-state index in [1.807, 2.05) is 0 Å². The second-order valence-corrected chi connectivity index (χ2v) is 5.53. The van der Waals surface area contributed by atoms with E-state index >= 15 is 0 Å². The first-order chi connectivity index (χ1) is 7.69. The maximum Gasteiger partial charge on any atom is 0.172 e. The Bertz CT molecular complexity index is 394. The lowest BCUT2D eigenvalue weighted by Gasteiger charge is -2.17. The Hall–Kier alpha value is -0.920. The summed E-state index contributed by atoms with van der Waals surface area (Å²) in [5, 5.41) is 0. The van der Waals surface area contributed by atoms with Gasteiger partial charge in [0, 0.05) is 6.42 Å². The lowest BCUT2D eigenvalue weighted by molar-refractivity contribution is -0.132. The molecule has 3 aliphatic rings. The third-order valence-electron chi connectivity index (χ3n) is 4.90. The highest BCUT2D eigenvalue weighted by atomic mass is 16.2. The smallest absolute Gasteiger partial charge is 0.172 e. The first kappa shape index (κ1) is 10.2. The van der Waals surface area contributed by atoms with E-state index in [1.165, 1.54) is 6.42 Å². The third-order valence-corrected chi connectivity index (χ3v) is 4.90. The van der Waals surface area contributed by atoms with Gasteiger partial charge >= 0.3 is 0 Å². The Kier molecular flexibility index (Phi) is 2.10. The molecule has 0 aromatic heterocycles. The molecule has 16 heavy (non-hydrogen) atoms. The number of allylic oxidation sites excluding steroid dienone is 2. The molecule has 2 saturated carbocycles. The van der Waals surface area contributed by atoms with Gasteiger partial charge in [-0.3, -0.25) is 9.59 Å². The second kappa shape index (κ2) is 3.28. The van der Waals surface area contributed by atoms with Crippen molar-refractivity contribution in [3.05, 3.63) is 11.6 Å². The van der Waals surface area contributed by atoms with Crippen molar-refractivity contribution in [3.63, 3.8) is 0 Å². The first-order valence-electron chi connectivity index (χ1n) is 6.46. The number of carbonyl (C=O) groups is 2. The first-order valence-corrected chi connectivity index (χ1v) is 6.46. The van der Waals surface area contributed by atoms with Gasteiger partial charge in [0.25, 0.3) is 0 Å². The van der Waals surface area contributed by atoms with Crippen LogP contribution >= 0.6 is 0 Å². The van der Waals surface area contributed by atoms with Crippen LogP contribution in [-0.4, -0.2) is 11.6 Å². The van der Waals surface area contributed by atoms with Crippen molar-refractivity contribution in [1.82, 2.24) is 0 Å². The van der Waals surface area contributed by atoms with Crippen molar-refractivity contribution in [1.29, 1.82) is 0 Å². The molecule has 0 spiro atoms. The van der Waals surface area contributed by atoms with E-state index in [2.05, 4.69) is 13.0 Å². The van der Waals surface area contributed by atoms with E-state index in [0.29, 0.717) is 18.3 Å². The second-order valence-electron chi connectivity index (χ2n) is 5.53. The molecule has 2 heteroatoms. The van der Waals surface area contributed by atoms with E-state index in [0.717, 1.165) is 31.3 Å². The number of ketones is 2. The summed E-state index contributed by atoms with van der Waals surface area (Å²) in [6.07, 6.45) is 7.87. The summed E-state index contributed by atoms with van der Waals surface area (Å²) in [5.74, 6) is 1.09.